The number of nitrogens with one attached hydrogen (secondary N) is 1. The van der Waals surface area contributed by atoms with E-state index in [9.17, 15) is 13.2 Å². The molecule has 0 aliphatic heterocycles. The second kappa shape index (κ2) is 4.86. The lowest BCUT2D eigenvalue weighted by Crippen LogP contribution is -2.38. The van der Waals surface area contributed by atoms with Crippen molar-refractivity contribution in [1.82, 2.24) is 4.72 Å². The second-order valence-electron chi connectivity index (χ2n) is 5.73. The van der Waals surface area contributed by atoms with Crippen molar-refractivity contribution in [1.29, 1.82) is 0 Å². The van der Waals surface area contributed by atoms with E-state index in [1.165, 1.54) is 30.7 Å². The van der Waals surface area contributed by atoms with Crippen molar-refractivity contribution in [2.45, 2.75) is 36.6 Å². The summed E-state index contributed by atoms with van der Waals surface area (Å²) in [5.41, 5.74) is 0.0869. The van der Waals surface area contributed by atoms with Gasteiger partial charge < -0.3 is 5.11 Å². The van der Waals surface area contributed by atoms with Gasteiger partial charge in [0.2, 0.25) is 10.0 Å². The van der Waals surface area contributed by atoms with Gasteiger partial charge in [-0.2, -0.15) is 0 Å². The monoisotopic (exact) mass is 295 g/mol. The number of rotatable bonds is 4. The molecule has 0 amide bonds. The van der Waals surface area contributed by atoms with Crippen LogP contribution in [0.2, 0.25) is 0 Å². The summed E-state index contributed by atoms with van der Waals surface area (Å²) in [5.74, 6) is 0.0742. The Hall–Kier alpha value is -1.40. The summed E-state index contributed by atoms with van der Waals surface area (Å²) in [6, 6.07) is 5.37. The van der Waals surface area contributed by atoms with E-state index < -0.39 is 16.0 Å². The Labute approximate surface area is 118 Å². The van der Waals surface area contributed by atoms with Crippen LogP contribution in [-0.4, -0.2) is 25.5 Å². The number of benzene rings is 1. The lowest BCUT2D eigenvalue weighted by atomic mass is 9.96. The van der Waals surface area contributed by atoms with E-state index in [1.807, 2.05) is 0 Å². The van der Waals surface area contributed by atoms with Gasteiger partial charge in [-0.05, 0) is 55.4 Å². The molecule has 1 aromatic rings. The Kier molecular flexibility index (Phi) is 3.30. The fourth-order valence-electron chi connectivity index (χ4n) is 3.43. The summed E-state index contributed by atoms with van der Waals surface area (Å²) in [4.78, 5) is 10.9. The molecular weight excluding hydrogens is 278 g/mol. The number of carboxylic acids is 1. The summed E-state index contributed by atoms with van der Waals surface area (Å²) in [6.45, 7) is 0. The third kappa shape index (κ3) is 2.45. The minimum Gasteiger partial charge on any atom is -0.478 e. The van der Waals surface area contributed by atoms with Crippen molar-refractivity contribution in [3.8, 4) is 0 Å². The molecule has 2 N–H and O–H groups in total. The lowest BCUT2D eigenvalue weighted by molar-refractivity contribution is 0.0696. The molecule has 2 aliphatic rings. The van der Waals surface area contributed by atoms with Crippen LogP contribution in [-0.2, 0) is 10.0 Å². The Balaban J connectivity index is 1.76. The minimum absolute atomic E-state index is 0.0397. The number of hydrogen-bond acceptors (Lipinski definition) is 3. The van der Waals surface area contributed by atoms with E-state index in [1.54, 1.807) is 0 Å². The Morgan fingerprint density at radius 1 is 1.15 bits per heavy atom. The number of aromatic carboxylic acids is 1. The highest BCUT2D eigenvalue weighted by atomic mass is 32.2. The van der Waals surface area contributed by atoms with Gasteiger partial charge in [0.1, 0.15) is 0 Å². The van der Waals surface area contributed by atoms with E-state index >= 15 is 0 Å². The highest BCUT2D eigenvalue weighted by molar-refractivity contribution is 7.89. The lowest BCUT2D eigenvalue weighted by Gasteiger charge is -2.22. The average Bonchev–Trinajstić information content (AvgIpc) is 3.00. The van der Waals surface area contributed by atoms with Crippen molar-refractivity contribution in [3.05, 3.63) is 29.8 Å². The minimum atomic E-state index is -3.55. The van der Waals surface area contributed by atoms with Gasteiger partial charge in [-0.15, -0.1) is 0 Å². The highest BCUT2D eigenvalue weighted by Crippen LogP contribution is 2.44. The van der Waals surface area contributed by atoms with E-state index in [-0.39, 0.29) is 16.5 Å². The van der Waals surface area contributed by atoms with Crippen LogP contribution in [0.25, 0.3) is 0 Å². The van der Waals surface area contributed by atoms with Gasteiger partial charge >= 0.3 is 5.97 Å². The first-order valence-electron chi connectivity index (χ1n) is 6.81. The topological polar surface area (TPSA) is 83.5 Å². The van der Waals surface area contributed by atoms with Crippen LogP contribution >= 0.6 is 0 Å². The molecule has 3 atom stereocenters. The van der Waals surface area contributed by atoms with E-state index in [2.05, 4.69) is 4.72 Å². The van der Waals surface area contributed by atoms with Gasteiger partial charge in [-0.1, -0.05) is 6.42 Å². The molecule has 3 rings (SSSR count). The van der Waals surface area contributed by atoms with Crippen LogP contribution in [0.5, 0.6) is 0 Å². The average molecular weight is 295 g/mol. The molecule has 2 aliphatic carbocycles. The van der Waals surface area contributed by atoms with E-state index in [4.69, 9.17) is 5.11 Å². The molecule has 2 bridgehead atoms. The fraction of sp³-hybridized carbons (Fsp3) is 0.500. The molecule has 0 heterocycles. The standard InChI is InChI=1S/C14H17NO4S/c16-14(17)10-3-5-12(6-4-10)20(18,19)15-13-8-9-1-2-11(13)7-9/h3-6,9,11,13,15H,1-2,7-8H2,(H,16,17). The molecule has 2 saturated carbocycles. The summed E-state index contributed by atoms with van der Waals surface area (Å²) < 4.78 is 27.4. The van der Waals surface area contributed by atoms with E-state index in [0.29, 0.717) is 11.8 Å². The van der Waals surface area contributed by atoms with Gasteiger partial charge in [0.05, 0.1) is 10.5 Å². The summed E-state index contributed by atoms with van der Waals surface area (Å²) >= 11 is 0. The summed E-state index contributed by atoms with van der Waals surface area (Å²) in [7, 11) is -3.55. The van der Waals surface area contributed by atoms with Crippen LogP contribution in [0.3, 0.4) is 0 Å². The van der Waals surface area contributed by atoms with Crippen LogP contribution in [0.15, 0.2) is 29.2 Å². The zero-order valence-electron chi connectivity index (χ0n) is 11.0. The van der Waals surface area contributed by atoms with Crippen LogP contribution in [0.1, 0.15) is 36.0 Å². The third-order valence-corrected chi connectivity index (χ3v) is 5.96. The SMILES string of the molecule is O=C(O)c1ccc(S(=O)(=O)NC2CC3CCC2C3)cc1. The number of carboxylic acid groups (broad SMARTS) is 1. The normalized spacial score (nSPS) is 28.7. The van der Waals surface area contributed by atoms with Crippen molar-refractivity contribution in [2.75, 3.05) is 0 Å². The predicted molar refractivity (Wildman–Crippen MR) is 73.0 cm³/mol. The maximum absolute atomic E-state index is 12.3. The maximum atomic E-state index is 12.3. The summed E-state index contributed by atoms with van der Waals surface area (Å²) in [6.07, 6.45) is 4.38. The van der Waals surface area contributed by atoms with Crippen LogP contribution in [0, 0.1) is 11.8 Å². The highest BCUT2D eigenvalue weighted by Gasteiger charge is 2.41. The number of carbonyl (C=O) groups is 1. The molecule has 5 nitrogen and oxygen atoms in total. The smallest absolute Gasteiger partial charge is 0.335 e. The van der Waals surface area contributed by atoms with Crippen LogP contribution in [0.4, 0.5) is 0 Å². The zero-order chi connectivity index (χ0) is 14.3. The molecule has 20 heavy (non-hydrogen) atoms. The molecule has 0 saturated heterocycles. The van der Waals surface area contributed by atoms with Gasteiger partial charge in [-0.25, -0.2) is 17.9 Å². The van der Waals surface area contributed by atoms with Gasteiger partial charge in [0.25, 0.3) is 0 Å². The van der Waals surface area contributed by atoms with Crippen LogP contribution < -0.4 is 4.72 Å². The van der Waals surface area contributed by atoms with Crippen molar-refractivity contribution >= 4 is 16.0 Å². The molecule has 2 fully saturated rings. The molecule has 0 aromatic heterocycles. The molecule has 0 spiro atoms. The largest absolute Gasteiger partial charge is 0.478 e. The van der Waals surface area contributed by atoms with Gasteiger partial charge in [0, 0.05) is 6.04 Å². The number of fused-ring (bicyclic) bond motifs is 2. The molecule has 0 radical (unpaired) electrons. The first-order chi connectivity index (χ1) is 9.45. The van der Waals surface area contributed by atoms with E-state index in [0.717, 1.165) is 19.3 Å². The van der Waals surface area contributed by atoms with Crippen molar-refractivity contribution in [3.63, 3.8) is 0 Å². The maximum Gasteiger partial charge on any atom is 0.335 e. The zero-order valence-corrected chi connectivity index (χ0v) is 11.8. The molecule has 6 heteroatoms. The quantitative estimate of drug-likeness (QED) is 0.888. The molecule has 3 unspecified atom stereocenters. The van der Waals surface area contributed by atoms with Gasteiger partial charge in [-0.3, -0.25) is 0 Å². The molecular formula is C14H17NO4S. The first kappa shape index (κ1) is 13.6. The Morgan fingerprint density at radius 3 is 2.35 bits per heavy atom. The fourth-order valence-corrected chi connectivity index (χ4v) is 4.75. The first-order valence-corrected chi connectivity index (χ1v) is 8.30. The summed E-state index contributed by atoms with van der Waals surface area (Å²) in [5, 5.41) is 8.81. The van der Waals surface area contributed by atoms with Crippen molar-refractivity contribution < 1.29 is 18.3 Å². The molecule has 1 aromatic carbocycles. The van der Waals surface area contributed by atoms with Crippen molar-refractivity contribution in [2.24, 2.45) is 11.8 Å². The molecule has 108 valence electrons. The third-order valence-electron chi connectivity index (χ3n) is 4.46. The number of hydrogen-bond donors (Lipinski definition) is 2. The Morgan fingerprint density at radius 2 is 1.85 bits per heavy atom. The number of sulfonamides is 1. The second-order valence-corrected chi connectivity index (χ2v) is 7.45. The predicted octanol–water partition coefficient (Wildman–Crippen LogP) is 1.85. The Bertz CT molecular complexity index is 623. The van der Waals surface area contributed by atoms with Gasteiger partial charge in [0.15, 0.2) is 0 Å².